The predicted molar refractivity (Wildman–Crippen MR) is 89.8 cm³/mol. The van der Waals surface area contributed by atoms with E-state index in [1.807, 2.05) is 0 Å². The molecule has 0 aliphatic rings. The molecule has 120 valence electrons. The Morgan fingerprint density at radius 3 is 2.39 bits per heavy atom. The van der Waals surface area contributed by atoms with Gasteiger partial charge in [0.2, 0.25) is 0 Å². The SMILES string of the molecule is Cc1cc(C)c(C(=O)OCC(=O)c2ccc(Cl)c(Cl)c2)c(Cl)n1. The molecule has 1 aromatic heterocycles. The third-order valence-corrected chi connectivity index (χ3v) is 4.09. The van der Waals surface area contributed by atoms with Crippen LogP contribution in [0.15, 0.2) is 24.3 Å². The van der Waals surface area contributed by atoms with Gasteiger partial charge in [-0.05, 0) is 43.7 Å². The number of ketones is 1. The van der Waals surface area contributed by atoms with Crippen molar-refractivity contribution >= 4 is 46.6 Å². The second-order valence-corrected chi connectivity index (χ2v) is 6.05. The van der Waals surface area contributed by atoms with Gasteiger partial charge in [0.1, 0.15) is 5.15 Å². The predicted octanol–water partition coefficient (Wildman–Crippen LogP) is 4.70. The zero-order valence-corrected chi connectivity index (χ0v) is 14.6. The minimum absolute atomic E-state index is 0.0505. The van der Waals surface area contributed by atoms with Crippen LogP contribution >= 0.6 is 34.8 Å². The molecule has 0 saturated heterocycles. The van der Waals surface area contributed by atoms with Crippen LogP contribution in [0.5, 0.6) is 0 Å². The summed E-state index contributed by atoms with van der Waals surface area (Å²) in [7, 11) is 0. The van der Waals surface area contributed by atoms with E-state index in [1.54, 1.807) is 19.9 Å². The molecule has 0 spiro atoms. The zero-order chi connectivity index (χ0) is 17.1. The van der Waals surface area contributed by atoms with Gasteiger partial charge in [-0.2, -0.15) is 0 Å². The molecule has 7 heteroatoms. The van der Waals surface area contributed by atoms with E-state index in [0.29, 0.717) is 21.8 Å². The Labute approximate surface area is 148 Å². The Balaban J connectivity index is 2.10. The molecule has 0 N–H and O–H groups in total. The average Bonchev–Trinajstić information content (AvgIpc) is 2.46. The van der Waals surface area contributed by atoms with Crippen molar-refractivity contribution in [2.75, 3.05) is 6.61 Å². The number of hydrogen-bond acceptors (Lipinski definition) is 4. The monoisotopic (exact) mass is 371 g/mol. The molecular formula is C16H12Cl3NO3. The van der Waals surface area contributed by atoms with Gasteiger partial charge in [-0.15, -0.1) is 0 Å². The van der Waals surface area contributed by atoms with Gasteiger partial charge in [0.25, 0.3) is 0 Å². The van der Waals surface area contributed by atoms with Gasteiger partial charge in [-0.25, -0.2) is 9.78 Å². The molecule has 0 amide bonds. The van der Waals surface area contributed by atoms with Crippen LogP contribution in [0.2, 0.25) is 15.2 Å². The molecular weight excluding hydrogens is 361 g/mol. The molecule has 0 fully saturated rings. The lowest BCUT2D eigenvalue weighted by molar-refractivity contribution is 0.0473. The lowest BCUT2D eigenvalue weighted by Crippen LogP contribution is -2.16. The van der Waals surface area contributed by atoms with Gasteiger partial charge in [0.05, 0.1) is 15.6 Å². The van der Waals surface area contributed by atoms with Crippen molar-refractivity contribution in [1.82, 2.24) is 4.98 Å². The number of rotatable bonds is 4. The number of pyridine rings is 1. The smallest absolute Gasteiger partial charge is 0.342 e. The summed E-state index contributed by atoms with van der Waals surface area (Å²) in [6.45, 7) is 3.06. The van der Waals surface area contributed by atoms with E-state index in [0.717, 1.165) is 0 Å². The highest BCUT2D eigenvalue weighted by molar-refractivity contribution is 6.42. The molecule has 0 aliphatic heterocycles. The molecule has 0 radical (unpaired) electrons. The van der Waals surface area contributed by atoms with Crippen LogP contribution in [0, 0.1) is 13.8 Å². The highest BCUT2D eigenvalue weighted by atomic mass is 35.5. The average molecular weight is 373 g/mol. The number of ether oxygens (including phenoxy) is 1. The maximum absolute atomic E-state index is 12.1. The quantitative estimate of drug-likeness (QED) is 0.443. The fourth-order valence-electron chi connectivity index (χ4n) is 1.99. The van der Waals surface area contributed by atoms with Crippen molar-refractivity contribution < 1.29 is 14.3 Å². The lowest BCUT2D eigenvalue weighted by Gasteiger charge is -2.09. The van der Waals surface area contributed by atoms with Gasteiger partial charge >= 0.3 is 5.97 Å². The van der Waals surface area contributed by atoms with Crippen LogP contribution in [0.25, 0.3) is 0 Å². The summed E-state index contributed by atoms with van der Waals surface area (Å²) >= 11 is 17.6. The van der Waals surface area contributed by atoms with Gasteiger partial charge in [-0.1, -0.05) is 34.8 Å². The van der Waals surface area contributed by atoms with Crippen molar-refractivity contribution in [3.05, 3.63) is 61.8 Å². The molecule has 23 heavy (non-hydrogen) atoms. The van der Waals surface area contributed by atoms with E-state index < -0.39 is 18.4 Å². The van der Waals surface area contributed by atoms with Crippen LogP contribution in [0.4, 0.5) is 0 Å². The fourth-order valence-corrected chi connectivity index (χ4v) is 2.65. The summed E-state index contributed by atoms with van der Waals surface area (Å²) < 4.78 is 5.03. The Hall–Kier alpha value is -1.62. The van der Waals surface area contributed by atoms with Crippen LogP contribution in [-0.2, 0) is 4.74 Å². The highest BCUT2D eigenvalue weighted by Crippen LogP contribution is 2.23. The summed E-state index contributed by atoms with van der Waals surface area (Å²) in [5.41, 5.74) is 1.78. The van der Waals surface area contributed by atoms with Crippen LogP contribution in [-0.4, -0.2) is 23.3 Å². The van der Waals surface area contributed by atoms with Gasteiger partial charge in [-0.3, -0.25) is 4.79 Å². The Morgan fingerprint density at radius 1 is 1.09 bits per heavy atom. The van der Waals surface area contributed by atoms with Gasteiger partial charge in [0, 0.05) is 11.3 Å². The number of carbonyl (C=O) groups is 2. The molecule has 0 atom stereocenters. The number of esters is 1. The summed E-state index contributed by atoms with van der Waals surface area (Å²) in [5, 5.41) is 0.647. The van der Waals surface area contributed by atoms with Gasteiger partial charge in [0.15, 0.2) is 12.4 Å². The number of aromatic nitrogens is 1. The zero-order valence-electron chi connectivity index (χ0n) is 12.3. The van der Waals surface area contributed by atoms with Crippen LogP contribution in [0.1, 0.15) is 32.0 Å². The molecule has 1 heterocycles. The number of nitrogens with zero attached hydrogens (tertiary/aromatic N) is 1. The van der Waals surface area contributed by atoms with Crippen molar-refractivity contribution in [2.24, 2.45) is 0 Å². The van der Waals surface area contributed by atoms with E-state index in [9.17, 15) is 9.59 Å². The summed E-state index contributed by atoms with van der Waals surface area (Å²) in [4.78, 5) is 28.2. The standard InChI is InChI=1S/C16H12Cl3NO3/c1-8-5-9(2)20-15(19)14(8)16(22)23-7-13(21)10-3-4-11(17)12(18)6-10/h3-6H,7H2,1-2H3. The number of carbonyl (C=O) groups excluding carboxylic acids is 2. The largest absolute Gasteiger partial charge is 0.454 e. The van der Waals surface area contributed by atoms with Crippen molar-refractivity contribution in [3.63, 3.8) is 0 Å². The third kappa shape index (κ3) is 4.22. The summed E-state index contributed by atoms with van der Waals surface area (Å²) in [6, 6.07) is 6.15. The van der Waals surface area contributed by atoms with E-state index in [2.05, 4.69) is 4.98 Å². The molecule has 1 aromatic carbocycles. The van der Waals surface area contributed by atoms with E-state index in [4.69, 9.17) is 39.5 Å². The molecule has 0 unspecified atom stereocenters. The Morgan fingerprint density at radius 2 is 1.78 bits per heavy atom. The van der Waals surface area contributed by atoms with E-state index >= 15 is 0 Å². The summed E-state index contributed by atoms with van der Waals surface area (Å²) in [6.07, 6.45) is 0. The molecule has 4 nitrogen and oxygen atoms in total. The van der Waals surface area contributed by atoms with Crippen molar-refractivity contribution in [1.29, 1.82) is 0 Å². The Kier molecular flexibility index (Phi) is 5.63. The van der Waals surface area contributed by atoms with E-state index in [1.165, 1.54) is 18.2 Å². The fraction of sp³-hybridized carbons (Fsp3) is 0.188. The molecule has 0 aliphatic carbocycles. The number of Topliss-reactive ketones (excluding diaryl/α,β-unsaturated/α-hetero) is 1. The number of aryl methyl sites for hydroxylation is 2. The minimum Gasteiger partial charge on any atom is -0.454 e. The van der Waals surface area contributed by atoms with Crippen molar-refractivity contribution in [2.45, 2.75) is 13.8 Å². The van der Waals surface area contributed by atoms with Gasteiger partial charge < -0.3 is 4.74 Å². The first-order chi connectivity index (χ1) is 10.8. The summed E-state index contributed by atoms with van der Waals surface area (Å²) in [5.74, 6) is -1.10. The first-order valence-electron chi connectivity index (χ1n) is 6.58. The maximum Gasteiger partial charge on any atom is 0.342 e. The lowest BCUT2D eigenvalue weighted by atomic mass is 10.1. The second kappa shape index (κ2) is 7.30. The molecule has 0 bridgehead atoms. The Bertz CT molecular complexity index is 767. The molecule has 0 saturated carbocycles. The second-order valence-electron chi connectivity index (χ2n) is 4.87. The topological polar surface area (TPSA) is 56.3 Å². The van der Waals surface area contributed by atoms with E-state index in [-0.39, 0.29) is 15.7 Å². The normalized spacial score (nSPS) is 10.5. The minimum atomic E-state index is -0.701. The molecule has 2 aromatic rings. The number of halogens is 3. The highest BCUT2D eigenvalue weighted by Gasteiger charge is 2.19. The van der Waals surface area contributed by atoms with Crippen LogP contribution in [0.3, 0.4) is 0 Å². The van der Waals surface area contributed by atoms with Crippen molar-refractivity contribution in [3.8, 4) is 0 Å². The molecule has 2 rings (SSSR count). The first kappa shape index (κ1) is 17.7. The van der Waals surface area contributed by atoms with Crippen LogP contribution < -0.4 is 0 Å². The first-order valence-corrected chi connectivity index (χ1v) is 7.72. The third-order valence-electron chi connectivity index (χ3n) is 3.08. The number of hydrogen-bond donors (Lipinski definition) is 0. The number of benzene rings is 1. The maximum atomic E-state index is 12.1.